The van der Waals surface area contributed by atoms with Crippen LogP contribution in [0.25, 0.3) is 0 Å². The van der Waals surface area contributed by atoms with Gasteiger partial charge in [-0.25, -0.2) is 4.79 Å². The zero-order valence-corrected chi connectivity index (χ0v) is 16.3. The molecule has 0 aliphatic rings. The average Bonchev–Trinajstić information content (AvgIpc) is 2.60. The molecule has 1 N–H and O–H groups in total. The first kappa shape index (κ1) is 22.7. The molecule has 11 heteroatoms. The fourth-order valence-corrected chi connectivity index (χ4v) is 2.37. The van der Waals surface area contributed by atoms with E-state index in [1.165, 1.54) is 6.07 Å². The molecule has 1 aromatic carbocycles. The number of nitrogens with zero attached hydrogens (tertiary/aromatic N) is 2. The van der Waals surface area contributed by atoms with Gasteiger partial charge in [0.25, 0.3) is 5.69 Å². The zero-order valence-electron chi connectivity index (χ0n) is 14.8. The van der Waals surface area contributed by atoms with Gasteiger partial charge in [0.15, 0.2) is 0 Å². The number of hydrogen-bond donors (Lipinski definition) is 1. The first-order valence-corrected chi connectivity index (χ1v) is 8.84. The Morgan fingerprint density at radius 2 is 1.81 bits per heavy atom. The molecule has 1 aromatic rings. The highest BCUT2D eigenvalue weighted by Crippen LogP contribution is 2.33. The van der Waals surface area contributed by atoms with Gasteiger partial charge in [-0.05, 0) is 32.8 Å². The first-order valence-electron chi connectivity index (χ1n) is 8.08. The summed E-state index contributed by atoms with van der Waals surface area (Å²) in [6, 6.07) is 2.31. The predicted octanol–water partition coefficient (Wildman–Crippen LogP) is 3.97. The van der Waals surface area contributed by atoms with Gasteiger partial charge in [0.05, 0.1) is 28.8 Å². The van der Waals surface area contributed by atoms with E-state index in [-0.39, 0.29) is 59.2 Å². The lowest BCUT2D eigenvalue weighted by Crippen LogP contribution is -2.19. The molecule has 0 aromatic heterocycles. The van der Waals surface area contributed by atoms with Gasteiger partial charge < -0.3 is 9.47 Å². The van der Waals surface area contributed by atoms with Crippen molar-refractivity contribution in [1.82, 2.24) is 0 Å². The van der Waals surface area contributed by atoms with Crippen LogP contribution in [0.4, 0.5) is 11.4 Å². The summed E-state index contributed by atoms with van der Waals surface area (Å²) in [5.41, 5.74) is 2.42. The Hall–Kier alpha value is -2.39. The van der Waals surface area contributed by atoms with Gasteiger partial charge >= 0.3 is 11.9 Å². The third-order valence-electron chi connectivity index (χ3n) is 3.16. The van der Waals surface area contributed by atoms with Crippen LogP contribution in [-0.4, -0.2) is 35.8 Å². The fraction of sp³-hybridized carbons (Fsp3) is 0.438. The zero-order chi connectivity index (χ0) is 20.4. The molecule has 0 radical (unpaired) electrons. The van der Waals surface area contributed by atoms with E-state index in [9.17, 15) is 19.7 Å². The lowest BCUT2D eigenvalue weighted by Gasteiger charge is -2.09. The maximum atomic E-state index is 12.0. The highest BCUT2D eigenvalue weighted by atomic mass is 35.5. The smallest absolute Gasteiger partial charge is 0.354 e. The van der Waals surface area contributed by atoms with E-state index in [1.807, 2.05) is 0 Å². The molecule has 148 valence electrons. The predicted molar refractivity (Wildman–Crippen MR) is 101 cm³/mol. The number of carbonyl (C=O) groups is 2. The summed E-state index contributed by atoms with van der Waals surface area (Å²) in [5.74, 6) is -1.03. The van der Waals surface area contributed by atoms with E-state index in [0.717, 1.165) is 6.07 Å². The molecule has 0 aliphatic heterocycles. The lowest BCUT2D eigenvalue weighted by molar-refractivity contribution is -0.384. The van der Waals surface area contributed by atoms with Crippen LogP contribution in [0.15, 0.2) is 17.2 Å². The number of carbonyl (C=O) groups excluding carboxylic acids is 2. The number of hydrazone groups is 1. The van der Waals surface area contributed by atoms with Crippen molar-refractivity contribution in [3.63, 3.8) is 0 Å². The van der Waals surface area contributed by atoms with Crippen LogP contribution < -0.4 is 5.43 Å². The second kappa shape index (κ2) is 11.3. The van der Waals surface area contributed by atoms with Gasteiger partial charge in [0.2, 0.25) is 0 Å². The molecule has 0 atom stereocenters. The summed E-state index contributed by atoms with van der Waals surface area (Å²) in [5, 5.41) is 14.7. The van der Waals surface area contributed by atoms with Gasteiger partial charge in [0, 0.05) is 12.5 Å². The number of nitrogens with one attached hydrogen (secondary N) is 1. The van der Waals surface area contributed by atoms with E-state index in [1.54, 1.807) is 13.8 Å². The van der Waals surface area contributed by atoms with Gasteiger partial charge in [0.1, 0.15) is 10.7 Å². The topological polar surface area (TPSA) is 120 Å². The maximum absolute atomic E-state index is 12.0. The standard InChI is InChI=1S/C16H19Cl2N3O6/c1-3-26-15(22)7-5-6-12(16(23)27-4-2)19-20-13-8-11(18)14(21(24)25)9-10(13)17/h8-9,20H,3-7H2,1-2H3/b19-12+. The molecule has 0 unspecified atom stereocenters. The third kappa shape index (κ3) is 7.40. The first-order chi connectivity index (χ1) is 12.8. The van der Waals surface area contributed by atoms with Crippen LogP contribution in [0.1, 0.15) is 33.1 Å². The quantitative estimate of drug-likeness (QED) is 0.263. The highest BCUT2D eigenvalue weighted by molar-refractivity contribution is 6.37. The molecule has 9 nitrogen and oxygen atoms in total. The Kier molecular flexibility index (Phi) is 9.52. The third-order valence-corrected chi connectivity index (χ3v) is 3.77. The fourth-order valence-electron chi connectivity index (χ4n) is 1.94. The van der Waals surface area contributed by atoms with Crippen molar-refractivity contribution in [3.05, 3.63) is 32.3 Å². The van der Waals surface area contributed by atoms with Crippen molar-refractivity contribution >= 4 is 52.2 Å². The molecular weight excluding hydrogens is 401 g/mol. The number of nitro benzene ring substituents is 1. The number of ether oxygens (including phenoxy) is 2. The van der Waals surface area contributed by atoms with E-state index in [0.29, 0.717) is 6.42 Å². The van der Waals surface area contributed by atoms with Crippen molar-refractivity contribution in [2.45, 2.75) is 33.1 Å². The molecule has 1 rings (SSSR count). The molecule has 0 saturated carbocycles. The van der Waals surface area contributed by atoms with Gasteiger partial charge in [-0.2, -0.15) is 5.10 Å². The SMILES string of the molecule is CCOC(=O)CCC/C(=N\Nc1cc(Cl)c([N+](=O)[O-])cc1Cl)C(=O)OCC. The van der Waals surface area contributed by atoms with Crippen LogP contribution in [0.3, 0.4) is 0 Å². The molecule has 0 saturated heterocycles. The number of rotatable bonds is 10. The van der Waals surface area contributed by atoms with Gasteiger partial charge in [-0.1, -0.05) is 23.2 Å². The number of hydrogen-bond acceptors (Lipinski definition) is 8. The molecule has 27 heavy (non-hydrogen) atoms. The second-order valence-corrected chi connectivity index (χ2v) is 5.90. The Bertz CT molecular complexity index is 739. The highest BCUT2D eigenvalue weighted by Gasteiger charge is 2.17. The van der Waals surface area contributed by atoms with Crippen molar-refractivity contribution in [2.24, 2.45) is 5.10 Å². The summed E-state index contributed by atoms with van der Waals surface area (Å²) in [7, 11) is 0. The average molecular weight is 420 g/mol. The normalized spacial score (nSPS) is 11.0. The summed E-state index contributed by atoms with van der Waals surface area (Å²) < 4.78 is 9.75. The second-order valence-electron chi connectivity index (χ2n) is 5.09. The Morgan fingerprint density at radius 3 is 2.41 bits per heavy atom. The lowest BCUT2D eigenvalue weighted by atomic mass is 10.1. The molecule has 0 fully saturated rings. The largest absolute Gasteiger partial charge is 0.466 e. The van der Waals surface area contributed by atoms with E-state index < -0.39 is 10.9 Å². The van der Waals surface area contributed by atoms with Gasteiger partial charge in [-0.15, -0.1) is 0 Å². The monoisotopic (exact) mass is 419 g/mol. The van der Waals surface area contributed by atoms with Crippen molar-refractivity contribution in [2.75, 3.05) is 18.6 Å². The molecule has 0 heterocycles. The number of esters is 2. The molecule has 0 aliphatic carbocycles. The summed E-state index contributed by atoms with van der Waals surface area (Å²) in [6.07, 6.45) is 0.603. The number of nitro groups is 1. The molecule has 0 bridgehead atoms. The summed E-state index contributed by atoms with van der Waals surface area (Å²) in [6.45, 7) is 3.78. The number of benzene rings is 1. The minimum atomic E-state index is -0.666. The van der Waals surface area contributed by atoms with E-state index in [4.69, 9.17) is 32.7 Å². The molecular formula is C16H19Cl2N3O6. The van der Waals surface area contributed by atoms with Crippen molar-refractivity contribution in [3.8, 4) is 0 Å². The Morgan fingerprint density at radius 1 is 1.15 bits per heavy atom. The Labute approximate surface area is 165 Å². The number of anilines is 1. The number of halogens is 2. The molecule has 0 spiro atoms. The summed E-state index contributed by atoms with van der Waals surface area (Å²) >= 11 is 11.8. The van der Waals surface area contributed by atoms with Crippen molar-refractivity contribution in [1.29, 1.82) is 0 Å². The van der Waals surface area contributed by atoms with Crippen LogP contribution in [0.2, 0.25) is 10.0 Å². The van der Waals surface area contributed by atoms with Crippen molar-refractivity contribution < 1.29 is 24.0 Å². The summed E-state index contributed by atoms with van der Waals surface area (Å²) in [4.78, 5) is 33.6. The van der Waals surface area contributed by atoms with Crippen LogP contribution in [-0.2, 0) is 19.1 Å². The minimum Gasteiger partial charge on any atom is -0.466 e. The van der Waals surface area contributed by atoms with E-state index in [2.05, 4.69) is 10.5 Å². The van der Waals surface area contributed by atoms with Crippen LogP contribution in [0.5, 0.6) is 0 Å². The van der Waals surface area contributed by atoms with Crippen LogP contribution in [0, 0.1) is 10.1 Å². The van der Waals surface area contributed by atoms with Crippen LogP contribution >= 0.6 is 23.2 Å². The minimum absolute atomic E-state index is 0.00424. The molecule has 0 amide bonds. The maximum Gasteiger partial charge on any atom is 0.354 e. The van der Waals surface area contributed by atoms with Gasteiger partial charge in [-0.3, -0.25) is 20.3 Å². The Balaban J connectivity index is 2.91. The van der Waals surface area contributed by atoms with E-state index >= 15 is 0 Å².